The maximum atomic E-state index is 5.70. The van der Waals surface area contributed by atoms with Crippen LogP contribution in [-0.4, -0.2) is 25.3 Å². The lowest BCUT2D eigenvalue weighted by Gasteiger charge is -2.20. The van der Waals surface area contributed by atoms with Gasteiger partial charge in [-0.1, -0.05) is 41.9 Å². The lowest BCUT2D eigenvalue weighted by Crippen LogP contribution is -2.30. The third-order valence-corrected chi connectivity index (χ3v) is 3.76. The highest BCUT2D eigenvalue weighted by Gasteiger charge is 2.11. The Hall–Kier alpha value is -0.380. The highest BCUT2D eigenvalue weighted by Crippen LogP contribution is 2.16. The van der Waals surface area contributed by atoms with E-state index in [-0.39, 0.29) is 0 Å². The Bertz CT molecular complexity index is 362. The summed E-state index contributed by atoms with van der Waals surface area (Å²) in [6, 6.07) is 9.18. The number of halogens is 1. The molecule has 0 spiro atoms. The standard InChI is InChI=1S/C17H28BrNO/c1-13(2)19-12-16(9-10-20-14(3)4)11-15-5-7-17(18)8-6-15/h5-8,13-14,16,19H,9-12H2,1-4H3. The van der Waals surface area contributed by atoms with Gasteiger partial charge in [0.1, 0.15) is 0 Å². The number of hydrogen-bond donors (Lipinski definition) is 1. The Morgan fingerprint density at radius 3 is 2.30 bits per heavy atom. The monoisotopic (exact) mass is 341 g/mol. The third kappa shape index (κ3) is 8.03. The fraction of sp³-hybridized carbons (Fsp3) is 0.647. The van der Waals surface area contributed by atoms with E-state index in [9.17, 15) is 0 Å². The van der Waals surface area contributed by atoms with E-state index in [1.54, 1.807) is 0 Å². The molecule has 0 aliphatic rings. The second-order valence-corrected chi connectivity index (χ2v) is 6.88. The van der Waals surface area contributed by atoms with Crippen molar-refractivity contribution in [3.63, 3.8) is 0 Å². The average Bonchev–Trinajstić information content (AvgIpc) is 2.37. The Morgan fingerprint density at radius 2 is 1.75 bits per heavy atom. The molecular formula is C17H28BrNO. The van der Waals surface area contributed by atoms with Crippen LogP contribution in [0.3, 0.4) is 0 Å². The molecule has 0 radical (unpaired) electrons. The second-order valence-electron chi connectivity index (χ2n) is 5.97. The maximum Gasteiger partial charge on any atom is 0.0518 e. The van der Waals surface area contributed by atoms with Crippen LogP contribution in [0, 0.1) is 5.92 Å². The van der Waals surface area contributed by atoms with E-state index in [1.165, 1.54) is 5.56 Å². The lowest BCUT2D eigenvalue weighted by atomic mass is 9.96. The SMILES string of the molecule is CC(C)NCC(CCOC(C)C)Cc1ccc(Br)cc1. The smallest absolute Gasteiger partial charge is 0.0518 e. The molecule has 114 valence electrons. The van der Waals surface area contributed by atoms with Gasteiger partial charge >= 0.3 is 0 Å². The van der Waals surface area contributed by atoms with Gasteiger partial charge in [-0.2, -0.15) is 0 Å². The van der Waals surface area contributed by atoms with Gasteiger partial charge in [-0.3, -0.25) is 0 Å². The van der Waals surface area contributed by atoms with Crippen LogP contribution in [0.1, 0.15) is 39.7 Å². The molecule has 1 unspecified atom stereocenters. The highest BCUT2D eigenvalue weighted by atomic mass is 79.9. The Morgan fingerprint density at radius 1 is 1.10 bits per heavy atom. The van der Waals surface area contributed by atoms with Gasteiger partial charge in [0.25, 0.3) is 0 Å². The van der Waals surface area contributed by atoms with E-state index >= 15 is 0 Å². The number of hydrogen-bond acceptors (Lipinski definition) is 2. The predicted octanol–water partition coefficient (Wildman–Crippen LogP) is 4.42. The summed E-state index contributed by atoms with van der Waals surface area (Å²) in [5, 5.41) is 3.55. The normalized spacial score (nSPS) is 13.2. The van der Waals surface area contributed by atoms with E-state index in [0.29, 0.717) is 18.1 Å². The minimum absolute atomic E-state index is 0.321. The summed E-state index contributed by atoms with van der Waals surface area (Å²) in [5.41, 5.74) is 1.40. The largest absolute Gasteiger partial charge is 0.379 e. The van der Waals surface area contributed by atoms with Gasteiger partial charge in [-0.25, -0.2) is 0 Å². The molecule has 0 amide bonds. The van der Waals surface area contributed by atoms with Crippen LogP contribution in [-0.2, 0) is 11.2 Å². The third-order valence-electron chi connectivity index (χ3n) is 3.23. The van der Waals surface area contributed by atoms with Crippen LogP contribution >= 0.6 is 15.9 Å². The van der Waals surface area contributed by atoms with Gasteiger partial charge in [0.2, 0.25) is 0 Å². The van der Waals surface area contributed by atoms with Crippen LogP contribution in [0.4, 0.5) is 0 Å². The van der Waals surface area contributed by atoms with Gasteiger partial charge in [0, 0.05) is 17.1 Å². The van der Waals surface area contributed by atoms with Crippen LogP contribution in [0.2, 0.25) is 0 Å². The van der Waals surface area contributed by atoms with Crippen molar-refractivity contribution in [1.29, 1.82) is 0 Å². The number of rotatable bonds is 9. The molecule has 2 nitrogen and oxygen atoms in total. The lowest BCUT2D eigenvalue weighted by molar-refractivity contribution is 0.0681. The zero-order valence-electron chi connectivity index (χ0n) is 13.2. The van der Waals surface area contributed by atoms with E-state index in [0.717, 1.165) is 30.5 Å². The van der Waals surface area contributed by atoms with Crippen LogP contribution < -0.4 is 5.32 Å². The fourth-order valence-electron chi connectivity index (χ4n) is 2.10. The molecule has 0 bridgehead atoms. The summed E-state index contributed by atoms with van der Waals surface area (Å²) in [6.07, 6.45) is 2.53. The van der Waals surface area contributed by atoms with Crippen LogP contribution in [0.25, 0.3) is 0 Å². The van der Waals surface area contributed by atoms with Crippen molar-refractivity contribution in [3.8, 4) is 0 Å². The molecule has 0 aliphatic carbocycles. The van der Waals surface area contributed by atoms with Crippen LogP contribution in [0.5, 0.6) is 0 Å². The summed E-state index contributed by atoms with van der Waals surface area (Å²) < 4.78 is 6.84. The molecule has 20 heavy (non-hydrogen) atoms. The van der Waals surface area contributed by atoms with Crippen LogP contribution in [0.15, 0.2) is 28.7 Å². The quantitative estimate of drug-likeness (QED) is 0.717. The van der Waals surface area contributed by atoms with Gasteiger partial charge in [0.05, 0.1) is 6.10 Å². The summed E-state index contributed by atoms with van der Waals surface area (Å²) in [6.45, 7) is 10.5. The first kappa shape index (κ1) is 17.7. The summed E-state index contributed by atoms with van der Waals surface area (Å²) >= 11 is 3.49. The van der Waals surface area contributed by atoms with Crippen molar-refractivity contribution in [2.24, 2.45) is 5.92 Å². The maximum absolute atomic E-state index is 5.70. The molecule has 0 saturated carbocycles. The van der Waals surface area contributed by atoms with Crippen molar-refractivity contribution in [3.05, 3.63) is 34.3 Å². The van der Waals surface area contributed by atoms with Gasteiger partial charge in [-0.05, 0) is 56.8 Å². The number of benzene rings is 1. The van der Waals surface area contributed by atoms with Crippen molar-refractivity contribution in [2.75, 3.05) is 13.2 Å². The first-order valence-electron chi connectivity index (χ1n) is 7.56. The van der Waals surface area contributed by atoms with Gasteiger partial charge in [-0.15, -0.1) is 0 Å². The molecular weight excluding hydrogens is 314 g/mol. The average molecular weight is 342 g/mol. The Balaban J connectivity index is 2.49. The minimum atomic E-state index is 0.321. The summed E-state index contributed by atoms with van der Waals surface area (Å²) in [7, 11) is 0. The molecule has 0 heterocycles. The molecule has 0 aromatic heterocycles. The molecule has 1 atom stereocenters. The van der Waals surface area contributed by atoms with E-state index in [4.69, 9.17) is 4.74 Å². The van der Waals surface area contributed by atoms with E-state index in [2.05, 4.69) is 73.2 Å². The Labute approximate surface area is 132 Å². The molecule has 0 saturated heterocycles. The highest BCUT2D eigenvalue weighted by molar-refractivity contribution is 9.10. The molecule has 0 aliphatic heterocycles. The molecule has 1 rings (SSSR count). The number of ether oxygens (including phenoxy) is 1. The predicted molar refractivity (Wildman–Crippen MR) is 90.2 cm³/mol. The van der Waals surface area contributed by atoms with Crippen molar-refractivity contribution >= 4 is 15.9 Å². The van der Waals surface area contributed by atoms with Crippen molar-refractivity contribution < 1.29 is 4.74 Å². The topological polar surface area (TPSA) is 21.3 Å². The molecule has 3 heteroatoms. The Kier molecular flexibility index (Phi) is 8.43. The first-order valence-corrected chi connectivity index (χ1v) is 8.36. The molecule has 0 fully saturated rings. The van der Waals surface area contributed by atoms with E-state index in [1.807, 2.05) is 0 Å². The van der Waals surface area contributed by atoms with Crippen molar-refractivity contribution in [1.82, 2.24) is 5.32 Å². The van der Waals surface area contributed by atoms with Gasteiger partial charge in [0.15, 0.2) is 0 Å². The summed E-state index contributed by atoms with van der Waals surface area (Å²) in [4.78, 5) is 0. The summed E-state index contributed by atoms with van der Waals surface area (Å²) in [5.74, 6) is 0.623. The minimum Gasteiger partial charge on any atom is -0.379 e. The molecule has 1 aromatic carbocycles. The van der Waals surface area contributed by atoms with Crippen molar-refractivity contribution in [2.45, 2.75) is 52.7 Å². The zero-order valence-corrected chi connectivity index (χ0v) is 14.7. The van der Waals surface area contributed by atoms with E-state index < -0.39 is 0 Å². The first-order chi connectivity index (χ1) is 9.47. The van der Waals surface area contributed by atoms with Gasteiger partial charge < -0.3 is 10.1 Å². The fourth-order valence-corrected chi connectivity index (χ4v) is 2.37. The number of nitrogens with one attached hydrogen (secondary N) is 1. The zero-order chi connectivity index (χ0) is 15.0. The molecule has 1 aromatic rings. The second kappa shape index (κ2) is 9.54. The molecule has 1 N–H and O–H groups in total.